The van der Waals surface area contributed by atoms with E-state index in [2.05, 4.69) is 10.3 Å². The van der Waals surface area contributed by atoms with E-state index in [9.17, 15) is 14.4 Å². The quantitative estimate of drug-likeness (QED) is 0.693. The van der Waals surface area contributed by atoms with E-state index >= 15 is 0 Å². The second-order valence-corrected chi connectivity index (χ2v) is 8.24. The molecule has 0 spiro atoms. The highest BCUT2D eigenvalue weighted by molar-refractivity contribution is 6.21. The maximum absolute atomic E-state index is 12.4. The molecular formula is C24H27N3O4. The maximum Gasteiger partial charge on any atom is 0.261 e. The van der Waals surface area contributed by atoms with Crippen molar-refractivity contribution in [3.05, 3.63) is 59.3 Å². The molecule has 7 nitrogen and oxygen atoms in total. The molecule has 2 heterocycles. The van der Waals surface area contributed by atoms with Crippen molar-refractivity contribution in [2.45, 2.75) is 57.6 Å². The summed E-state index contributed by atoms with van der Waals surface area (Å²) < 4.78 is 5.94. The summed E-state index contributed by atoms with van der Waals surface area (Å²) in [4.78, 5) is 42.6. The van der Waals surface area contributed by atoms with Crippen molar-refractivity contribution in [2.75, 3.05) is 6.54 Å². The molecule has 1 aliphatic heterocycles. The smallest absolute Gasteiger partial charge is 0.261 e. The number of hydrogen-bond donors (Lipinski definition) is 1. The van der Waals surface area contributed by atoms with E-state index < -0.39 is 0 Å². The van der Waals surface area contributed by atoms with Crippen molar-refractivity contribution < 1.29 is 19.1 Å². The van der Waals surface area contributed by atoms with Crippen LogP contribution >= 0.6 is 0 Å². The summed E-state index contributed by atoms with van der Waals surface area (Å²) in [7, 11) is 0. The van der Waals surface area contributed by atoms with Crippen LogP contribution in [0.15, 0.2) is 42.6 Å². The Bertz CT molecular complexity index is 930. The number of rotatable bonds is 7. The molecular weight excluding hydrogens is 394 g/mol. The van der Waals surface area contributed by atoms with Gasteiger partial charge in [-0.05, 0) is 56.7 Å². The highest BCUT2D eigenvalue weighted by Crippen LogP contribution is 2.24. The molecule has 1 fully saturated rings. The molecule has 0 unspecified atom stereocenters. The number of amides is 3. The zero-order valence-electron chi connectivity index (χ0n) is 17.7. The normalized spacial score (nSPS) is 20.5. The SMILES string of the molecule is Cc1ccc(OC2CCC(NC(=O)CCCN3C(=O)c4ccccc4C3=O)CC2)nc1. The summed E-state index contributed by atoms with van der Waals surface area (Å²) in [6, 6.07) is 10.8. The summed E-state index contributed by atoms with van der Waals surface area (Å²) in [5.74, 6) is 0.0530. The number of carbonyl (C=O) groups is 3. The zero-order chi connectivity index (χ0) is 21.8. The van der Waals surface area contributed by atoms with Crippen LogP contribution in [0.1, 0.15) is 64.8 Å². The van der Waals surface area contributed by atoms with E-state index in [1.54, 1.807) is 30.5 Å². The molecule has 0 saturated heterocycles. The van der Waals surface area contributed by atoms with Crippen LogP contribution < -0.4 is 10.1 Å². The number of aryl methyl sites for hydroxylation is 1. The highest BCUT2D eigenvalue weighted by Gasteiger charge is 2.34. The van der Waals surface area contributed by atoms with Gasteiger partial charge in [0.2, 0.25) is 11.8 Å². The first-order chi connectivity index (χ1) is 15.0. The molecule has 1 saturated carbocycles. The van der Waals surface area contributed by atoms with Gasteiger partial charge in [0.15, 0.2) is 0 Å². The third-order valence-electron chi connectivity index (χ3n) is 5.87. The Morgan fingerprint density at radius 2 is 1.74 bits per heavy atom. The van der Waals surface area contributed by atoms with Gasteiger partial charge in [-0.3, -0.25) is 19.3 Å². The number of fused-ring (bicyclic) bond motifs is 1. The number of nitrogens with zero attached hydrogens (tertiary/aromatic N) is 2. The molecule has 31 heavy (non-hydrogen) atoms. The number of aromatic nitrogens is 1. The Hall–Kier alpha value is -3.22. The van der Waals surface area contributed by atoms with Crippen LogP contribution in [-0.4, -0.2) is 46.3 Å². The molecule has 0 atom stereocenters. The van der Waals surface area contributed by atoms with Gasteiger partial charge in [0, 0.05) is 31.3 Å². The number of ether oxygens (including phenoxy) is 1. The van der Waals surface area contributed by atoms with Crippen molar-refractivity contribution in [3.63, 3.8) is 0 Å². The number of hydrogen-bond acceptors (Lipinski definition) is 5. The number of carbonyl (C=O) groups excluding carboxylic acids is 3. The van der Waals surface area contributed by atoms with Gasteiger partial charge >= 0.3 is 0 Å². The standard InChI is InChI=1S/C24H27N3O4/c1-16-8-13-22(25-15-16)31-18-11-9-17(10-12-18)26-21(28)7-4-14-27-23(29)19-5-2-3-6-20(19)24(27)30/h2-3,5-6,8,13,15,17-18H,4,7,9-12,14H2,1H3,(H,26,28). The average molecular weight is 421 g/mol. The van der Waals surface area contributed by atoms with Crippen molar-refractivity contribution in [1.29, 1.82) is 0 Å². The van der Waals surface area contributed by atoms with Crippen molar-refractivity contribution in [1.82, 2.24) is 15.2 Å². The predicted octanol–water partition coefficient (Wildman–Crippen LogP) is 3.27. The molecule has 4 rings (SSSR count). The van der Waals surface area contributed by atoms with Gasteiger partial charge in [-0.15, -0.1) is 0 Å². The lowest BCUT2D eigenvalue weighted by Crippen LogP contribution is -2.40. The van der Waals surface area contributed by atoms with Crippen molar-refractivity contribution in [3.8, 4) is 5.88 Å². The molecule has 0 radical (unpaired) electrons. The average Bonchev–Trinajstić information content (AvgIpc) is 3.02. The van der Waals surface area contributed by atoms with E-state index in [0.29, 0.717) is 23.4 Å². The number of imide groups is 1. The Balaban J connectivity index is 1.16. The van der Waals surface area contributed by atoms with E-state index in [1.807, 2.05) is 19.1 Å². The van der Waals surface area contributed by atoms with Crippen LogP contribution in [0.25, 0.3) is 0 Å². The van der Waals surface area contributed by atoms with Gasteiger partial charge in [0.05, 0.1) is 11.1 Å². The van der Waals surface area contributed by atoms with Gasteiger partial charge in [-0.25, -0.2) is 4.98 Å². The number of nitrogens with one attached hydrogen (secondary N) is 1. The second kappa shape index (κ2) is 9.29. The minimum Gasteiger partial charge on any atom is -0.474 e. The molecule has 1 aliphatic carbocycles. The summed E-state index contributed by atoms with van der Waals surface area (Å²) in [5, 5.41) is 3.08. The fourth-order valence-electron chi connectivity index (χ4n) is 4.16. The Labute approximate surface area is 181 Å². The first-order valence-electron chi connectivity index (χ1n) is 10.8. The Morgan fingerprint density at radius 1 is 1.06 bits per heavy atom. The molecule has 1 aromatic carbocycles. The van der Waals surface area contributed by atoms with Crippen molar-refractivity contribution in [2.24, 2.45) is 0 Å². The van der Waals surface area contributed by atoms with Gasteiger partial charge in [-0.1, -0.05) is 18.2 Å². The molecule has 1 aromatic heterocycles. The Kier molecular flexibility index (Phi) is 6.30. The minimum absolute atomic E-state index is 0.0406. The van der Waals surface area contributed by atoms with E-state index in [1.165, 1.54) is 4.90 Å². The molecule has 2 aliphatic rings. The fraction of sp³-hybridized carbons (Fsp3) is 0.417. The predicted molar refractivity (Wildman–Crippen MR) is 115 cm³/mol. The van der Waals surface area contributed by atoms with Crippen LogP contribution in [0.2, 0.25) is 0 Å². The van der Waals surface area contributed by atoms with Crippen LogP contribution in [0.3, 0.4) is 0 Å². The van der Waals surface area contributed by atoms with Gasteiger partial charge in [0.25, 0.3) is 11.8 Å². The number of benzene rings is 1. The molecule has 1 N–H and O–H groups in total. The summed E-state index contributed by atoms with van der Waals surface area (Å²) >= 11 is 0. The van der Waals surface area contributed by atoms with Gasteiger partial charge in [0.1, 0.15) is 6.10 Å². The third-order valence-corrected chi connectivity index (χ3v) is 5.87. The van der Waals surface area contributed by atoms with Gasteiger partial charge < -0.3 is 10.1 Å². The summed E-state index contributed by atoms with van der Waals surface area (Å²) in [6.45, 7) is 2.24. The summed E-state index contributed by atoms with van der Waals surface area (Å²) in [5.41, 5.74) is 1.98. The summed E-state index contributed by atoms with van der Waals surface area (Å²) in [6.07, 6.45) is 6.12. The number of pyridine rings is 1. The minimum atomic E-state index is -0.276. The lowest BCUT2D eigenvalue weighted by atomic mass is 9.93. The molecule has 162 valence electrons. The van der Waals surface area contributed by atoms with Crippen LogP contribution in [0.4, 0.5) is 0 Å². The molecule has 3 amide bonds. The van der Waals surface area contributed by atoms with E-state index in [-0.39, 0.29) is 42.8 Å². The lowest BCUT2D eigenvalue weighted by molar-refractivity contribution is -0.122. The molecule has 2 aromatic rings. The fourth-order valence-corrected chi connectivity index (χ4v) is 4.16. The van der Waals surface area contributed by atoms with Crippen LogP contribution in [0.5, 0.6) is 5.88 Å². The third kappa shape index (κ3) is 4.93. The first-order valence-corrected chi connectivity index (χ1v) is 10.8. The maximum atomic E-state index is 12.4. The van der Waals surface area contributed by atoms with Crippen molar-refractivity contribution >= 4 is 17.7 Å². The Morgan fingerprint density at radius 3 is 2.35 bits per heavy atom. The van der Waals surface area contributed by atoms with Gasteiger partial charge in [-0.2, -0.15) is 0 Å². The van der Waals surface area contributed by atoms with Crippen LogP contribution in [-0.2, 0) is 4.79 Å². The largest absolute Gasteiger partial charge is 0.474 e. The zero-order valence-corrected chi connectivity index (χ0v) is 17.7. The van der Waals surface area contributed by atoms with E-state index in [0.717, 1.165) is 31.2 Å². The molecule has 7 heteroatoms. The second-order valence-electron chi connectivity index (χ2n) is 8.24. The first kappa shape index (κ1) is 21.0. The lowest BCUT2D eigenvalue weighted by Gasteiger charge is -2.29. The van der Waals surface area contributed by atoms with Crippen LogP contribution in [0, 0.1) is 6.92 Å². The monoisotopic (exact) mass is 421 g/mol. The van der Waals surface area contributed by atoms with E-state index in [4.69, 9.17) is 4.74 Å². The topological polar surface area (TPSA) is 88.6 Å². The molecule has 0 bridgehead atoms. The highest BCUT2D eigenvalue weighted by atomic mass is 16.5.